The van der Waals surface area contributed by atoms with Crippen LogP contribution in [0.2, 0.25) is 0 Å². The van der Waals surface area contributed by atoms with Gasteiger partial charge in [-0.05, 0) is 34.9 Å². The molecule has 0 aliphatic carbocycles. The van der Waals surface area contributed by atoms with E-state index in [2.05, 4.69) is 138 Å². The van der Waals surface area contributed by atoms with Gasteiger partial charge >= 0.3 is 0 Å². The van der Waals surface area contributed by atoms with Crippen LogP contribution < -0.4 is 0 Å². The van der Waals surface area contributed by atoms with E-state index in [1.165, 1.54) is 65.3 Å². The number of hydrogen-bond acceptors (Lipinski definition) is 4. The van der Waals surface area contributed by atoms with Gasteiger partial charge in [0.2, 0.25) is 0 Å². The van der Waals surface area contributed by atoms with Gasteiger partial charge in [0, 0.05) is 54.1 Å². The SMILES string of the molecule is c1ccc(-c2nc(-c3ccccc3)nc(-c3ccc4c(c3)-n3c5c(c6cccc(c63)-c3ccccc3-4)-c3ccccc3Sc3ccccc3-5)n2)cc1. The largest absolute Gasteiger partial charge is 0.307 e. The normalized spacial score (nSPS) is 12.2. The third kappa shape index (κ3) is 4.39. The van der Waals surface area contributed by atoms with Crippen molar-refractivity contribution in [3.8, 4) is 84.5 Å². The van der Waals surface area contributed by atoms with Crippen LogP contribution in [-0.4, -0.2) is 19.5 Å². The Balaban J connectivity index is 1.26. The summed E-state index contributed by atoms with van der Waals surface area (Å²) in [5.41, 5.74) is 14.9. The maximum Gasteiger partial charge on any atom is 0.164 e. The van der Waals surface area contributed by atoms with Crippen molar-refractivity contribution in [2.75, 3.05) is 0 Å². The lowest BCUT2D eigenvalue weighted by atomic mass is 9.91. The fourth-order valence-electron chi connectivity index (χ4n) is 7.93. The van der Waals surface area contributed by atoms with E-state index >= 15 is 0 Å². The molecule has 0 amide bonds. The van der Waals surface area contributed by atoms with Crippen molar-refractivity contribution in [2.24, 2.45) is 0 Å². The Morgan fingerprint density at radius 2 is 0.904 bits per heavy atom. The summed E-state index contributed by atoms with van der Waals surface area (Å²) < 4.78 is 2.53. The van der Waals surface area contributed by atoms with Crippen molar-refractivity contribution in [2.45, 2.75) is 9.79 Å². The van der Waals surface area contributed by atoms with E-state index in [-0.39, 0.29) is 0 Å². The lowest BCUT2D eigenvalue weighted by Gasteiger charge is -2.18. The molecule has 2 aromatic heterocycles. The van der Waals surface area contributed by atoms with E-state index in [0.717, 1.165) is 22.4 Å². The van der Waals surface area contributed by atoms with Crippen LogP contribution in [0.15, 0.2) is 180 Å². The fraction of sp³-hybridized carbons (Fsp3) is 0. The molecule has 0 fully saturated rings. The predicted octanol–water partition coefficient (Wildman–Crippen LogP) is 12.3. The molecule has 0 saturated heterocycles. The number of hydrogen-bond donors (Lipinski definition) is 0. The molecule has 2 aliphatic heterocycles. The van der Waals surface area contributed by atoms with E-state index in [1.807, 2.05) is 48.2 Å². The summed E-state index contributed by atoms with van der Waals surface area (Å²) in [6.07, 6.45) is 0. The van der Waals surface area contributed by atoms with Gasteiger partial charge < -0.3 is 4.57 Å². The molecule has 7 aromatic carbocycles. The maximum atomic E-state index is 5.13. The Morgan fingerprint density at radius 1 is 0.385 bits per heavy atom. The molecule has 0 saturated carbocycles. The molecule has 0 bridgehead atoms. The van der Waals surface area contributed by atoms with Crippen LogP contribution in [0.25, 0.3) is 95.4 Å². The first-order valence-electron chi connectivity index (χ1n) is 17.5. The zero-order valence-electron chi connectivity index (χ0n) is 27.9. The quantitative estimate of drug-likeness (QED) is 0.186. The topological polar surface area (TPSA) is 43.6 Å². The van der Waals surface area contributed by atoms with Gasteiger partial charge in [-0.25, -0.2) is 15.0 Å². The van der Waals surface area contributed by atoms with E-state index in [9.17, 15) is 0 Å². The Labute approximate surface area is 305 Å². The number of fused-ring (bicyclic) bond motifs is 12. The second-order valence-electron chi connectivity index (χ2n) is 13.2. The third-order valence-electron chi connectivity index (χ3n) is 10.2. The molecule has 0 atom stereocenters. The molecular formula is C47H28N4S. The minimum Gasteiger partial charge on any atom is -0.307 e. The molecule has 4 heterocycles. The average molecular weight is 681 g/mol. The second-order valence-corrected chi connectivity index (χ2v) is 14.3. The number of rotatable bonds is 3. The molecule has 0 unspecified atom stereocenters. The Bertz CT molecular complexity index is 2820. The highest BCUT2D eigenvalue weighted by molar-refractivity contribution is 7.99. The van der Waals surface area contributed by atoms with Crippen LogP contribution >= 0.6 is 11.8 Å². The standard InChI is InChI=1S/C47H28N4S/c1-3-14-29(15-4-1)45-48-46(30-16-5-2-6-17-30)50-47(49-45)31-26-27-34-32-18-7-8-19-33(32)35-22-13-23-38-42-36-20-9-11-24-40(36)52-41-25-12-10-21-37(41)44(42)51(43(35)38)39(34)28-31/h1-28H. The van der Waals surface area contributed by atoms with Crippen molar-refractivity contribution in [3.63, 3.8) is 0 Å². The smallest absolute Gasteiger partial charge is 0.164 e. The first kappa shape index (κ1) is 29.2. The van der Waals surface area contributed by atoms with Crippen LogP contribution in [0.4, 0.5) is 0 Å². The van der Waals surface area contributed by atoms with Gasteiger partial charge in [-0.3, -0.25) is 0 Å². The molecule has 2 aliphatic rings. The van der Waals surface area contributed by atoms with Crippen molar-refractivity contribution >= 4 is 22.7 Å². The molecule has 242 valence electrons. The van der Waals surface area contributed by atoms with Gasteiger partial charge in [0.05, 0.1) is 16.9 Å². The third-order valence-corrected chi connectivity index (χ3v) is 11.4. The molecule has 0 spiro atoms. The van der Waals surface area contributed by atoms with Crippen LogP contribution in [-0.2, 0) is 0 Å². The van der Waals surface area contributed by atoms with E-state index in [0.29, 0.717) is 17.5 Å². The zero-order valence-corrected chi connectivity index (χ0v) is 28.7. The second kappa shape index (κ2) is 11.5. The molecule has 0 N–H and O–H groups in total. The van der Waals surface area contributed by atoms with Crippen LogP contribution in [0, 0.1) is 0 Å². The van der Waals surface area contributed by atoms with Gasteiger partial charge in [-0.15, -0.1) is 0 Å². The summed E-state index contributed by atoms with van der Waals surface area (Å²) in [5.74, 6) is 1.93. The molecule has 9 aromatic rings. The summed E-state index contributed by atoms with van der Waals surface area (Å²) in [5, 5.41) is 1.24. The Hall–Kier alpha value is -6.56. The zero-order chi connectivity index (χ0) is 34.2. The van der Waals surface area contributed by atoms with Gasteiger partial charge in [-0.2, -0.15) is 0 Å². The van der Waals surface area contributed by atoms with Crippen molar-refractivity contribution < 1.29 is 0 Å². The van der Waals surface area contributed by atoms with Crippen LogP contribution in [0.3, 0.4) is 0 Å². The monoisotopic (exact) mass is 680 g/mol. The van der Waals surface area contributed by atoms with Gasteiger partial charge in [0.15, 0.2) is 17.5 Å². The first-order chi connectivity index (χ1) is 25.8. The molecule has 0 radical (unpaired) electrons. The summed E-state index contributed by atoms with van der Waals surface area (Å²) in [7, 11) is 0. The summed E-state index contributed by atoms with van der Waals surface area (Å²) >= 11 is 1.85. The van der Waals surface area contributed by atoms with Crippen LogP contribution in [0.5, 0.6) is 0 Å². The highest BCUT2D eigenvalue weighted by Crippen LogP contribution is 2.55. The number of benzene rings is 7. The van der Waals surface area contributed by atoms with Crippen LogP contribution in [0.1, 0.15) is 0 Å². The number of aromatic nitrogens is 4. The molecule has 11 rings (SSSR count). The molecule has 52 heavy (non-hydrogen) atoms. The lowest BCUT2D eigenvalue weighted by Crippen LogP contribution is -2.03. The lowest BCUT2D eigenvalue weighted by molar-refractivity contribution is 1.07. The summed E-state index contributed by atoms with van der Waals surface area (Å²) in [6.45, 7) is 0. The van der Waals surface area contributed by atoms with Crippen molar-refractivity contribution in [1.82, 2.24) is 19.5 Å². The molecule has 5 heteroatoms. The summed E-state index contributed by atoms with van der Waals surface area (Å²) in [6, 6.07) is 60.3. The van der Waals surface area contributed by atoms with Crippen molar-refractivity contribution in [1.29, 1.82) is 0 Å². The Morgan fingerprint density at radius 3 is 1.58 bits per heavy atom. The highest BCUT2D eigenvalue weighted by Gasteiger charge is 2.32. The van der Waals surface area contributed by atoms with Gasteiger partial charge in [-0.1, -0.05) is 163 Å². The van der Waals surface area contributed by atoms with Crippen molar-refractivity contribution in [3.05, 3.63) is 170 Å². The highest BCUT2D eigenvalue weighted by atomic mass is 32.2. The summed E-state index contributed by atoms with van der Waals surface area (Å²) in [4.78, 5) is 17.7. The first-order valence-corrected chi connectivity index (χ1v) is 18.3. The van der Waals surface area contributed by atoms with Gasteiger partial charge in [0.25, 0.3) is 0 Å². The van der Waals surface area contributed by atoms with Gasteiger partial charge in [0.1, 0.15) is 0 Å². The Kier molecular flexibility index (Phi) is 6.45. The molecular weight excluding hydrogens is 653 g/mol. The van der Waals surface area contributed by atoms with E-state index in [1.54, 1.807) is 0 Å². The number of nitrogens with zero attached hydrogens (tertiary/aromatic N) is 4. The number of para-hydroxylation sites is 1. The predicted molar refractivity (Wildman–Crippen MR) is 212 cm³/mol. The fourth-order valence-corrected chi connectivity index (χ4v) is 9.01. The van der Waals surface area contributed by atoms with E-state index in [4.69, 9.17) is 15.0 Å². The average Bonchev–Trinajstić information content (AvgIpc) is 3.41. The molecule has 4 nitrogen and oxygen atoms in total. The minimum atomic E-state index is 0.636. The minimum absolute atomic E-state index is 0.636. The maximum absolute atomic E-state index is 5.13. The van der Waals surface area contributed by atoms with E-state index < -0.39 is 0 Å².